The lowest BCUT2D eigenvalue weighted by atomic mass is 10.00. The normalized spacial score (nSPS) is 11.2. The Kier molecular flexibility index (Phi) is 7.35. The first-order valence-corrected chi connectivity index (χ1v) is 11.4. The Labute approximate surface area is 208 Å². The summed E-state index contributed by atoms with van der Waals surface area (Å²) in [5, 5.41) is 21.5. The predicted molar refractivity (Wildman–Crippen MR) is 138 cm³/mol. The number of nitrogens with zero attached hydrogens (tertiary/aromatic N) is 1. The summed E-state index contributed by atoms with van der Waals surface area (Å²) in [5.74, 6) is -0.206. The SMILES string of the molecule is CCOc1cc(C=C(C#N)c2ccc3ccccc3c2)cc(Cl)c1OCc1cccc(C(=O)O)c1. The number of ether oxygens (including phenoxy) is 2. The lowest BCUT2D eigenvalue weighted by molar-refractivity contribution is 0.0696. The second-order valence-corrected chi connectivity index (χ2v) is 8.20. The molecule has 0 saturated carbocycles. The summed E-state index contributed by atoms with van der Waals surface area (Å²) in [6.07, 6.45) is 1.76. The molecule has 0 radical (unpaired) electrons. The fraction of sp³-hybridized carbons (Fsp3) is 0.103. The topological polar surface area (TPSA) is 79.5 Å². The number of aromatic carboxylic acids is 1. The Morgan fingerprint density at radius 3 is 2.51 bits per heavy atom. The number of hydrogen-bond acceptors (Lipinski definition) is 4. The quantitative estimate of drug-likeness (QED) is 0.211. The number of benzene rings is 4. The second-order valence-electron chi connectivity index (χ2n) is 7.79. The van der Waals surface area contributed by atoms with E-state index in [1.807, 2.05) is 49.4 Å². The molecule has 4 aromatic carbocycles. The number of halogens is 1. The number of hydrogen-bond donors (Lipinski definition) is 1. The molecule has 0 unspecified atom stereocenters. The van der Waals surface area contributed by atoms with Gasteiger partial charge in [-0.05, 0) is 70.8 Å². The van der Waals surface area contributed by atoms with Crippen molar-refractivity contribution in [2.24, 2.45) is 0 Å². The van der Waals surface area contributed by atoms with Crippen LogP contribution in [0.25, 0.3) is 22.4 Å². The van der Waals surface area contributed by atoms with Crippen molar-refractivity contribution >= 4 is 40.0 Å². The van der Waals surface area contributed by atoms with Crippen LogP contribution in [0.2, 0.25) is 5.02 Å². The van der Waals surface area contributed by atoms with E-state index in [1.54, 1.807) is 36.4 Å². The van der Waals surface area contributed by atoms with Crippen molar-refractivity contribution in [1.29, 1.82) is 5.26 Å². The molecule has 5 nitrogen and oxygen atoms in total. The van der Waals surface area contributed by atoms with Crippen LogP contribution >= 0.6 is 11.6 Å². The van der Waals surface area contributed by atoms with E-state index < -0.39 is 5.97 Å². The number of allylic oxidation sites excluding steroid dienone is 1. The van der Waals surface area contributed by atoms with E-state index in [4.69, 9.17) is 21.1 Å². The van der Waals surface area contributed by atoms with E-state index in [-0.39, 0.29) is 12.2 Å². The molecule has 0 amide bonds. The van der Waals surface area contributed by atoms with Gasteiger partial charge in [0.2, 0.25) is 0 Å². The Morgan fingerprint density at radius 2 is 1.77 bits per heavy atom. The van der Waals surface area contributed by atoms with Crippen LogP contribution in [0.4, 0.5) is 0 Å². The zero-order valence-corrected chi connectivity index (χ0v) is 19.8. The van der Waals surface area contributed by atoms with Gasteiger partial charge in [-0.3, -0.25) is 0 Å². The molecule has 4 aromatic rings. The first-order valence-electron chi connectivity index (χ1n) is 11.0. The number of rotatable bonds is 8. The van der Waals surface area contributed by atoms with E-state index in [0.717, 1.165) is 16.3 Å². The molecular weight excluding hydrogens is 462 g/mol. The van der Waals surface area contributed by atoms with Gasteiger partial charge in [0.05, 0.1) is 28.8 Å². The summed E-state index contributed by atoms with van der Waals surface area (Å²) in [6.45, 7) is 2.37. The van der Waals surface area contributed by atoms with Crippen LogP contribution in [0.1, 0.15) is 34.0 Å². The van der Waals surface area contributed by atoms with E-state index in [0.29, 0.717) is 39.8 Å². The highest BCUT2D eigenvalue weighted by Gasteiger charge is 2.14. The summed E-state index contributed by atoms with van der Waals surface area (Å²) in [4.78, 5) is 11.2. The Morgan fingerprint density at radius 1 is 0.971 bits per heavy atom. The predicted octanol–water partition coefficient (Wildman–Crippen LogP) is 7.23. The lowest BCUT2D eigenvalue weighted by Crippen LogP contribution is -2.02. The summed E-state index contributed by atoms with van der Waals surface area (Å²) in [6, 6.07) is 26.2. The molecule has 0 heterocycles. The first-order chi connectivity index (χ1) is 17.0. The highest BCUT2D eigenvalue weighted by molar-refractivity contribution is 6.32. The van der Waals surface area contributed by atoms with Crippen molar-refractivity contribution in [2.45, 2.75) is 13.5 Å². The summed E-state index contributed by atoms with van der Waals surface area (Å²) < 4.78 is 11.7. The highest BCUT2D eigenvalue weighted by atomic mass is 35.5. The van der Waals surface area contributed by atoms with Gasteiger partial charge in [-0.25, -0.2) is 4.79 Å². The van der Waals surface area contributed by atoms with Gasteiger partial charge in [-0.1, -0.05) is 60.1 Å². The van der Waals surface area contributed by atoms with Gasteiger partial charge in [0.25, 0.3) is 0 Å². The monoisotopic (exact) mass is 483 g/mol. The molecule has 6 heteroatoms. The van der Waals surface area contributed by atoms with Gasteiger partial charge in [-0.2, -0.15) is 5.26 Å². The maximum Gasteiger partial charge on any atom is 0.335 e. The van der Waals surface area contributed by atoms with Gasteiger partial charge in [0.1, 0.15) is 6.61 Å². The largest absolute Gasteiger partial charge is 0.490 e. The maximum atomic E-state index is 11.2. The van der Waals surface area contributed by atoms with Crippen LogP contribution in [0, 0.1) is 11.3 Å². The zero-order chi connectivity index (χ0) is 24.8. The molecule has 1 N–H and O–H groups in total. The molecule has 0 fully saturated rings. The molecule has 0 spiro atoms. The number of carbonyl (C=O) groups is 1. The Balaban J connectivity index is 1.64. The summed E-state index contributed by atoms with van der Waals surface area (Å²) >= 11 is 6.56. The molecule has 174 valence electrons. The van der Waals surface area contributed by atoms with Crippen molar-refractivity contribution in [3.8, 4) is 17.6 Å². The van der Waals surface area contributed by atoms with Crippen molar-refractivity contribution in [1.82, 2.24) is 0 Å². The smallest absolute Gasteiger partial charge is 0.335 e. The fourth-order valence-corrected chi connectivity index (χ4v) is 4.00. The van der Waals surface area contributed by atoms with E-state index >= 15 is 0 Å². The molecule has 0 saturated heterocycles. The van der Waals surface area contributed by atoms with Gasteiger partial charge in [0.15, 0.2) is 11.5 Å². The van der Waals surface area contributed by atoms with Crippen LogP contribution in [0.5, 0.6) is 11.5 Å². The first kappa shape index (κ1) is 23.9. The Hall–Kier alpha value is -4.27. The molecule has 0 aromatic heterocycles. The van der Waals surface area contributed by atoms with Crippen LogP contribution < -0.4 is 9.47 Å². The summed E-state index contributed by atoms with van der Waals surface area (Å²) in [5.41, 5.74) is 2.87. The Bertz CT molecular complexity index is 1470. The van der Waals surface area contributed by atoms with Crippen molar-refractivity contribution < 1.29 is 19.4 Å². The van der Waals surface area contributed by atoms with Gasteiger partial charge < -0.3 is 14.6 Å². The molecule has 0 aliphatic carbocycles. The average Bonchev–Trinajstić information content (AvgIpc) is 2.87. The minimum Gasteiger partial charge on any atom is -0.490 e. The third-order valence-electron chi connectivity index (χ3n) is 5.38. The maximum absolute atomic E-state index is 11.2. The van der Waals surface area contributed by atoms with Crippen LogP contribution in [-0.4, -0.2) is 17.7 Å². The highest BCUT2D eigenvalue weighted by Crippen LogP contribution is 2.38. The molecule has 4 rings (SSSR count). The van der Waals surface area contributed by atoms with Gasteiger partial charge in [-0.15, -0.1) is 0 Å². The number of carboxylic acids is 1. The van der Waals surface area contributed by atoms with E-state index in [1.165, 1.54) is 6.07 Å². The van der Waals surface area contributed by atoms with Crippen molar-refractivity contribution in [3.63, 3.8) is 0 Å². The molecule has 0 atom stereocenters. The molecule has 0 bridgehead atoms. The third-order valence-corrected chi connectivity index (χ3v) is 5.66. The lowest BCUT2D eigenvalue weighted by Gasteiger charge is -2.15. The molecule has 0 aliphatic rings. The minimum atomic E-state index is -1.00. The average molecular weight is 484 g/mol. The molecule has 35 heavy (non-hydrogen) atoms. The van der Waals surface area contributed by atoms with E-state index in [9.17, 15) is 15.2 Å². The summed E-state index contributed by atoms with van der Waals surface area (Å²) in [7, 11) is 0. The van der Waals surface area contributed by atoms with Gasteiger partial charge in [0, 0.05) is 0 Å². The number of carboxylic acid groups (broad SMARTS) is 1. The number of nitriles is 1. The third kappa shape index (κ3) is 5.63. The minimum absolute atomic E-state index is 0.122. The van der Waals surface area contributed by atoms with Crippen LogP contribution in [0.15, 0.2) is 78.9 Å². The van der Waals surface area contributed by atoms with Crippen LogP contribution in [-0.2, 0) is 6.61 Å². The second kappa shape index (κ2) is 10.8. The molecular formula is C29H22ClNO4. The number of fused-ring (bicyclic) bond motifs is 1. The van der Waals surface area contributed by atoms with E-state index in [2.05, 4.69) is 6.07 Å². The van der Waals surface area contributed by atoms with Crippen molar-refractivity contribution in [2.75, 3.05) is 6.61 Å². The fourth-order valence-electron chi connectivity index (χ4n) is 3.73. The van der Waals surface area contributed by atoms with Crippen LogP contribution in [0.3, 0.4) is 0 Å². The molecule has 0 aliphatic heterocycles. The zero-order valence-electron chi connectivity index (χ0n) is 19.0. The van der Waals surface area contributed by atoms with Crippen molar-refractivity contribution in [3.05, 3.63) is 106 Å². The van der Waals surface area contributed by atoms with Gasteiger partial charge >= 0.3 is 5.97 Å². The standard InChI is InChI=1S/C29H22ClNO4/c1-2-34-27-15-20(13-25(17-31)23-11-10-21-7-3-4-8-22(21)16-23)14-26(30)28(27)35-18-19-6-5-9-24(12-19)29(32)33/h3-16H,2,18H2,1H3,(H,32,33).